The molecule has 7 atom stereocenters. The highest BCUT2D eigenvalue weighted by molar-refractivity contribution is 6.03. The Kier molecular flexibility index (Phi) is 4.14. The lowest BCUT2D eigenvalue weighted by atomic mass is 9.35. The van der Waals surface area contributed by atoms with Crippen LogP contribution in [0.25, 0.3) is 10.4 Å². The standard InChI is InChI=1S/C22H27N3O5/c1-12-13-4-7-22(18(12)27)15(8-13)21-6-3-5-20(2,11-29-19(21)28)14(21)9-16(22)30-17(26)10-24-25-23/h13-16H,1,3-11H2,2H3/t13-,14?,15?,16+,20-,21?,22+/m0/s1. The highest BCUT2D eigenvalue weighted by atomic mass is 16.5. The van der Waals surface area contributed by atoms with Crippen molar-refractivity contribution in [1.29, 1.82) is 0 Å². The van der Waals surface area contributed by atoms with Crippen molar-refractivity contribution in [1.82, 2.24) is 0 Å². The number of nitrogens with zero attached hydrogens (tertiary/aromatic N) is 3. The zero-order valence-corrected chi connectivity index (χ0v) is 17.3. The van der Waals surface area contributed by atoms with E-state index >= 15 is 0 Å². The van der Waals surface area contributed by atoms with Crippen molar-refractivity contribution in [2.24, 2.45) is 39.1 Å². The van der Waals surface area contributed by atoms with Gasteiger partial charge in [-0.1, -0.05) is 25.0 Å². The molecule has 3 unspecified atom stereocenters. The molecule has 8 nitrogen and oxygen atoms in total. The zero-order valence-electron chi connectivity index (χ0n) is 17.3. The summed E-state index contributed by atoms with van der Waals surface area (Å²) in [6, 6.07) is 0. The third-order valence-corrected chi connectivity index (χ3v) is 9.15. The van der Waals surface area contributed by atoms with Crippen molar-refractivity contribution in [3.8, 4) is 0 Å². The van der Waals surface area contributed by atoms with E-state index in [9.17, 15) is 14.4 Å². The molecule has 6 fully saturated rings. The number of Topliss-reactive ketones (excluding diaryl/α,β-unsaturated/α-hetero) is 1. The molecule has 30 heavy (non-hydrogen) atoms. The van der Waals surface area contributed by atoms with Crippen LogP contribution >= 0.6 is 0 Å². The Morgan fingerprint density at radius 2 is 2.07 bits per heavy atom. The first-order valence-electron chi connectivity index (χ1n) is 10.9. The summed E-state index contributed by atoms with van der Waals surface area (Å²) in [5.74, 6) is -0.950. The molecule has 5 saturated carbocycles. The van der Waals surface area contributed by atoms with Gasteiger partial charge in [-0.25, -0.2) is 0 Å². The Bertz CT molecular complexity index is 910. The molecule has 0 aromatic rings. The van der Waals surface area contributed by atoms with Crippen LogP contribution in [0.5, 0.6) is 0 Å². The first kappa shape index (κ1) is 19.6. The van der Waals surface area contributed by atoms with Crippen molar-refractivity contribution < 1.29 is 23.9 Å². The van der Waals surface area contributed by atoms with Crippen LogP contribution in [0.1, 0.15) is 51.9 Å². The van der Waals surface area contributed by atoms with Crippen LogP contribution in [0.2, 0.25) is 0 Å². The summed E-state index contributed by atoms with van der Waals surface area (Å²) in [5.41, 5.74) is 7.36. The summed E-state index contributed by atoms with van der Waals surface area (Å²) in [5, 5.41) is 3.33. The van der Waals surface area contributed by atoms with Gasteiger partial charge in [0.25, 0.3) is 0 Å². The summed E-state index contributed by atoms with van der Waals surface area (Å²) >= 11 is 0. The molecule has 6 rings (SSSR count). The van der Waals surface area contributed by atoms with E-state index < -0.39 is 29.4 Å². The molecule has 0 radical (unpaired) electrons. The molecule has 1 spiro atoms. The van der Waals surface area contributed by atoms with Gasteiger partial charge in [0.05, 0.1) is 17.4 Å². The Morgan fingerprint density at radius 1 is 1.27 bits per heavy atom. The van der Waals surface area contributed by atoms with E-state index in [1.165, 1.54) is 0 Å². The Morgan fingerprint density at radius 3 is 2.83 bits per heavy atom. The number of azide groups is 1. The Labute approximate surface area is 175 Å². The number of allylic oxidation sites excluding steroid dienone is 1. The van der Waals surface area contributed by atoms with Crippen molar-refractivity contribution in [3.63, 3.8) is 0 Å². The quantitative estimate of drug-likeness (QED) is 0.231. The minimum atomic E-state index is -0.928. The van der Waals surface area contributed by atoms with E-state index in [0.29, 0.717) is 25.0 Å². The van der Waals surface area contributed by atoms with Crippen LogP contribution in [-0.2, 0) is 23.9 Å². The number of rotatable bonds is 3. The number of hydrogen-bond donors (Lipinski definition) is 0. The molecule has 8 heteroatoms. The van der Waals surface area contributed by atoms with Crippen LogP contribution in [0.3, 0.4) is 0 Å². The van der Waals surface area contributed by atoms with Crippen LogP contribution in [-0.4, -0.2) is 37.0 Å². The van der Waals surface area contributed by atoms with E-state index in [2.05, 4.69) is 23.5 Å². The zero-order chi connectivity index (χ0) is 21.3. The molecule has 1 heterocycles. The first-order valence-corrected chi connectivity index (χ1v) is 10.9. The highest BCUT2D eigenvalue weighted by Gasteiger charge is 2.76. The molecule has 5 aliphatic carbocycles. The average Bonchev–Trinajstić information content (AvgIpc) is 2.73. The molecule has 160 valence electrons. The fourth-order valence-electron chi connectivity index (χ4n) is 7.93. The molecule has 0 aromatic heterocycles. The van der Waals surface area contributed by atoms with Gasteiger partial charge < -0.3 is 9.47 Å². The number of esters is 2. The largest absolute Gasteiger partial charge is 0.465 e. The van der Waals surface area contributed by atoms with E-state index in [0.717, 1.165) is 32.1 Å². The van der Waals surface area contributed by atoms with Gasteiger partial charge in [-0.05, 0) is 67.4 Å². The van der Waals surface area contributed by atoms with Gasteiger partial charge in [0, 0.05) is 10.3 Å². The number of carbonyl (C=O) groups is 3. The SMILES string of the molecule is C=C1C(=O)[C@]23CC[C@H]1CC2C12CCC[C@@](C)(COC1=O)C2C[C@H]3OC(=O)CN=[N+]=[N-]. The van der Waals surface area contributed by atoms with E-state index in [1.807, 2.05) is 0 Å². The summed E-state index contributed by atoms with van der Waals surface area (Å²) in [6.45, 7) is 6.21. The van der Waals surface area contributed by atoms with Crippen LogP contribution in [0.4, 0.5) is 0 Å². The normalized spacial score (nSPS) is 46.2. The molecule has 1 aliphatic heterocycles. The number of fused-ring (bicyclic) bond motifs is 2. The predicted molar refractivity (Wildman–Crippen MR) is 105 cm³/mol. The number of ether oxygens (including phenoxy) is 2. The minimum absolute atomic E-state index is 0.00769. The van der Waals surface area contributed by atoms with Crippen molar-refractivity contribution in [3.05, 3.63) is 22.6 Å². The topological polar surface area (TPSA) is 118 Å². The molecular weight excluding hydrogens is 386 g/mol. The third-order valence-electron chi connectivity index (χ3n) is 9.15. The van der Waals surface area contributed by atoms with Crippen molar-refractivity contribution in [2.45, 2.75) is 58.0 Å². The lowest BCUT2D eigenvalue weighted by Gasteiger charge is -2.69. The van der Waals surface area contributed by atoms with Crippen LogP contribution in [0.15, 0.2) is 17.3 Å². The van der Waals surface area contributed by atoms with Crippen molar-refractivity contribution >= 4 is 17.7 Å². The Hall–Kier alpha value is -2.34. The Balaban J connectivity index is 1.64. The van der Waals surface area contributed by atoms with Gasteiger partial charge in [0.2, 0.25) is 0 Å². The monoisotopic (exact) mass is 413 g/mol. The molecule has 1 saturated heterocycles. The molecule has 0 N–H and O–H groups in total. The number of cyclic esters (lactones) is 1. The smallest absolute Gasteiger partial charge is 0.312 e. The number of hydrogen-bond acceptors (Lipinski definition) is 6. The lowest BCUT2D eigenvalue weighted by Crippen LogP contribution is -2.73. The molecular formula is C22H27N3O5. The predicted octanol–water partition coefficient (Wildman–Crippen LogP) is 3.50. The summed E-state index contributed by atoms with van der Waals surface area (Å²) in [6.07, 6.45) is 4.59. The molecule has 6 aliphatic rings. The van der Waals surface area contributed by atoms with Gasteiger partial charge in [0.1, 0.15) is 12.6 Å². The number of ketones is 1. The fourth-order valence-corrected chi connectivity index (χ4v) is 7.93. The maximum Gasteiger partial charge on any atom is 0.312 e. The van der Waals surface area contributed by atoms with Gasteiger partial charge >= 0.3 is 11.9 Å². The third kappa shape index (κ3) is 2.23. The second-order valence-corrected chi connectivity index (χ2v) is 10.2. The van der Waals surface area contributed by atoms with E-state index in [-0.39, 0.29) is 34.9 Å². The fraction of sp³-hybridized carbons (Fsp3) is 0.773. The minimum Gasteiger partial charge on any atom is -0.465 e. The second-order valence-electron chi connectivity index (χ2n) is 10.2. The summed E-state index contributed by atoms with van der Waals surface area (Å²) in [7, 11) is 0. The average molecular weight is 413 g/mol. The maximum atomic E-state index is 13.6. The van der Waals surface area contributed by atoms with E-state index in [4.69, 9.17) is 15.0 Å². The summed E-state index contributed by atoms with van der Waals surface area (Å²) in [4.78, 5) is 42.1. The second kappa shape index (κ2) is 6.33. The van der Waals surface area contributed by atoms with Crippen LogP contribution in [0, 0.1) is 34.0 Å². The van der Waals surface area contributed by atoms with Crippen molar-refractivity contribution in [2.75, 3.05) is 13.2 Å². The molecule has 0 amide bonds. The molecule has 4 bridgehead atoms. The molecule has 0 aromatic carbocycles. The first-order chi connectivity index (χ1) is 14.3. The van der Waals surface area contributed by atoms with Crippen LogP contribution < -0.4 is 0 Å². The van der Waals surface area contributed by atoms with Gasteiger partial charge in [-0.2, -0.15) is 0 Å². The van der Waals surface area contributed by atoms with Gasteiger partial charge in [0.15, 0.2) is 5.78 Å². The summed E-state index contributed by atoms with van der Waals surface area (Å²) < 4.78 is 11.6. The number of carbonyl (C=O) groups excluding carboxylic acids is 3. The van der Waals surface area contributed by atoms with E-state index in [1.54, 1.807) is 0 Å². The lowest BCUT2D eigenvalue weighted by molar-refractivity contribution is -0.257. The van der Waals surface area contributed by atoms with Gasteiger partial charge in [-0.15, -0.1) is 0 Å². The highest BCUT2D eigenvalue weighted by Crippen LogP contribution is 2.73. The van der Waals surface area contributed by atoms with Gasteiger partial charge in [-0.3, -0.25) is 14.4 Å². The maximum absolute atomic E-state index is 13.6.